The lowest BCUT2D eigenvalue weighted by molar-refractivity contribution is -0.132. The molecule has 4 nitrogen and oxygen atoms in total. The van der Waals surface area contributed by atoms with E-state index < -0.39 is 0 Å². The highest BCUT2D eigenvalue weighted by molar-refractivity contribution is 5.77. The van der Waals surface area contributed by atoms with Crippen molar-refractivity contribution >= 4 is 5.91 Å². The summed E-state index contributed by atoms with van der Waals surface area (Å²) in [4.78, 5) is 14.5. The molecule has 1 aromatic rings. The van der Waals surface area contributed by atoms with E-state index in [2.05, 4.69) is 22.2 Å². The summed E-state index contributed by atoms with van der Waals surface area (Å²) in [7, 11) is 0. The zero-order valence-corrected chi connectivity index (χ0v) is 11.2. The lowest BCUT2D eigenvalue weighted by atomic mass is 10.0. The fourth-order valence-corrected chi connectivity index (χ4v) is 3.19. The Morgan fingerprint density at radius 1 is 1.37 bits per heavy atom. The average molecular weight is 259 g/mol. The maximum atomic E-state index is 12.4. The molecule has 19 heavy (non-hydrogen) atoms. The minimum Gasteiger partial charge on any atom is -0.338 e. The fraction of sp³-hybridized carbons (Fsp3) is 0.600. The number of carbonyl (C=O) groups is 1. The lowest BCUT2D eigenvalue weighted by Crippen LogP contribution is -2.38. The molecule has 0 aromatic carbocycles. The maximum Gasteiger partial charge on any atom is 0.223 e. The fourth-order valence-electron chi connectivity index (χ4n) is 3.19. The van der Waals surface area contributed by atoms with Crippen LogP contribution in [0.15, 0.2) is 30.6 Å². The van der Waals surface area contributed by atoms with Gasteiger partial charge in [0, 0.05) is 25.4 Å². The Labute approximate surface area is 114 Å². The van der Waals surface area contributed by atoms with Gasteiger partial charge in [0.25, 0.3) is 0 Å². The molecule has 0 spiro atoms. The molecule has 1 aliphatic carbocycles. The third kappa shape index (κ3) is 2.88. The minimum atomic E-state index is 0.325. The molecule has 3 rings (SSSR count). The van der Waals surface area contributed by atoms with Crippen LogP contribution in [0.2, 0.25) is 0 Å². The summed E-state index contributed by atoms with van der Waals surface area (Å²) in [5.74, 6) is 0.796. The van der Waals surface area contributed by atoms with Crippen molar-refractivity contribution in [3.63, 3.8) is 0 Å². The number of allylic oxidation sites excluding steroid dienone is 2. The van der Waals surface area contributed by atoms with Gasteiger partial charge < -0.3 is 4.90 Å². The van der Waals surface area contributed by atoms with Crippen molar-refractivity contribution in [1.82, 2.24) is 14.7 Å². The van der Waals surface area contributed by atoms with Crippen LogP contribution in [0.3, 0.4) is 0 Å². The van der Waals surface area contributed by atoms with E-state index in [1.54, 1.807) is 6.20 Å². The molecule has 1 amide bonds. The van der Waals surface area contributed by atoms with Gasteiger partial charge in [-0.3, -0.25) is 9.48 Å². The second kappa shape index (κ2) is 5.59. The monoisotopic (exact) mass is 259 g/mol. The summed E-state index contributed by atoms with van der Waals surface area (Å²) in [6, 6.07) is 2.27. The molecule has 0 bridgehead atoms. The van der Waals surface area contributed by atoms with Gasteiger partial charge in [-0.15, -0.1) is 0 Å². The van der Waals surface area contributed by atoms with Gasteiger partial charge in [-0.05, 0) is 37.7 Å². The topological polar surface area (TPSA) is 38.1 Å². The maximum absolute atomic E-state index is 12.4. The number of amides is 1. The zero-order chi connectivity index (χ0) is 13.1. The van der Waals surface area contributed by atoms with E-state index >= 15 is 0 Å². The molecule has 0 unspecified atom stereocenters. The first-order valence-electron chi connectivity index (χ1n) is 7.26. The van der Waals surface area contributed by atoms with Gasteiger partial charge in [-0.1, -0.05) is 12.2 Å². The first-order valence-corrected chi connectivity index (χ1v) is 7.26. The Balaban J connectivity index is 1.58. The van der Waals surface area contributed by atoms with Crippen LogP contribution >= 0.6 is 0 Å². The van der Waals surface area contributed by atoms with Crippen molar-refractivity contribution in [2.24, 2.45) is 5.92 Å². The lowest BCUT2D eigenvalue weighted by Gasteiger charge is -2.25. The molecular weight excluding hydrogens is 238 g/mol. The molecule has 1 aliphatic heterocycles. The highest BCUT2D eigenvalue weighted by Gasteiger charge is 2.30. The van der Waals surface area contributed by atoms with Gasteiger partial charge in [0.15, 0.2) is 0 Å². The van der Waals surface area contributed by atoms with E-state index in [9.17, 15) is 4.79 Å². The summed E-state index contributed by atoms with van der Waals surface area (Å²) in [6.45, 7) is 1.75. The van der Waals surface area contributed by atoms with E-state index in [1.807, 2.05) is 16.9 Å². The van der Waals surface area contributed by atoms with Gasteiger partial charge in [-0.25, -0.2) is 0 Å². The molecule has 1 aromatic heterocycles. The quantitative estimate of drug-likeness (QED) is 0.778. The highest BCUT2D eigenvalue weighted by Crippen LogP contribution is 2.25. The normalized spacial score (nSPS) is 26.2. The number of hydrogen-bond donors (Lipinski definition) is 0. The predicted molar refractivity (Wildman–Crippen MR) is 73.4 cm³/mol. The van der Waals surface area contributed by atoms with Crippen LogP contribution in [0.1, 0.15) is 32.1 Å². The van der Waals surface area contributed by atoms with Crippen LogP contribution in [0.4, 0.5) is 0 Å². The Morgan fingerprint density at radius 3 is 3.05 bits per heavy atom. The molecule has 0 radical (unpaired) electrons. The van der Waals surface area contributed by atoms with Crippen molar-refractivity contribution in [3.8, 4) is 0 Å². The van der Waals surface area contributed by atoms with E-state index in [1.165, 1.54) is 0 Å². The summed E-state index contributed by atoms with van der Waals surface area (Å²) >= 11 is 0. The number of rotatable bonds is 4. The van der Waals surface area contributed by atoms with E-state index in [4.69, 9.17) is 0 Å². The van der Waals surface area contributed by atoms with E-state index in [0.717, 1.165) is 38.8 Å². The van der Waals surface area contributed by atoms with Crippen LogP contribution in [-0.2, 0) is 11.3 Å². The third-order valence-electron chi connectivity index (χ3n) is 4.20. The van der Waals surface area contributed by atoms with Crippen molar-refractivity contribution in [3.05, 3.63) is 30.6 Å². The summed E-state index contributed by atoms with van der Waals surface area (Å²) in [6.07, 6.45) is 13.4. The Bertz CT molecular complexity index is 452. The number of aromatic nitrogens is 2. The van der Waals surface area contributed by atoms with Gasteiger partial charge in [-0.2, -0.15) is 5.10 Å². The largest absolute Gasteiger partial charge is 0.338 e. The van der Waals surface area contributed by atoms with E-state index in [-0.39, 0.29) is 0 Å². The van der Waals surface area contributed by atoms with Crippen molar-refractivity contribution in [2.45, 2.75) is 44.7 Å². The minimum absolute atomic E-state index is 0.325. The average Bonchev–Trinajstić information content (AvgIpc) is 3.10. The molecule has 1 fully saturated rings. The SMILES string of the molecule is O=C(C[C@@H]1C=CCC1)N1CCC[C@@H]1Cn1cccn1. The van der Waals surface area contributed by atoms with Crippen LogP contribution in [0.5, 0.6) is 0 Å². The zero-order valence-electron chi connectivity index (χ0n) is 11.2. The Kier molecular flexibility index (Phi) is 3.67. The molecule has 4 heteroatoms. The number of nitrogens with zero attached hydrogens (tertiary/aromatic N) is 3. The molecule has 1 saturated heterocycles. The van der Waals surface area contributed by atoms with Crippen LogP contribution in [0, 0.1) is 5.92 Å². The number of likely N-dealkylation sites (tertiary alicyclic amines) is 1. The molecule has 2 aliphatic rings. The van der Waals surface area contributed by atoms with Gasteiger partial charge in [0.05, 0.1) is 12.6 Å². The summed E-state index contributed by atoms with van der Waals surface area (Å²) in [5.41, 5.74) is 0. The second-order valence-corrected chi connectivity index (χ2v) is 5.58. The molecule has 102 valence electrons. The molecular formula is C15H21N3O. The predicted octanol–water partition coefficient (Wildman–Crippen LogP) is 2.23. The van der Waals surface area contributed by atoms with Crippen molar-refractivity contribution in [2.75, 3.05) is 6.54 Å². The first-order chi connectivity index (χ1) is 9.33. The second-order valence-electron chi connectivity index (χ2n) is 5.58. The van der Waals surface area contributed by atoms with Crippen LogP contribution < -0.4 is 0 Å². The van der Waals surface area contributed by atoms with E-state index in [0.29, 0.717) is 24.3 Å². The highest BCUT2D eigenvalue weighted by atomic mass is 16.2. The van der Waals surface area contributed by atoms with Gasteiger partial charge in [0.1, 0.15) is 0 Å². The Morgan fingerprint density at radius 2 is 2.32 bits per heavy atom. The van der Waals surface area contributed by atoms with Crippen LogP contribution in [0.25, 0.3) is 0 Å². The summed E-state index contributed by atoms with van der Waals surface area (Å²) in [5, 5.41) is 4.24. The summed E-state index contributed by atoms with van der Waals surface area (Å²) < 4.78 is 1.94. The third-order valence-corrected chi connectivity index (χ3v) is 4.20. The standard InChI is InChI=1S/C15H21N3O/c19-15(11-13-5-1-2-6-13)18-10-3-7-14(18)12-17-9-4-8-16-17/h1,4-5,8-9,13-14H,2-3,6-7,10-12H2/t13-,14-/m1/s1. The Hall–Kier alpha value is -1.58. The number of carbonyl (C=O) groups excluding carboxylic acids is 1. The van der Waals surface area contributed by atoms with Crippen molar-refractivity contribution < 1.29 is 4.79 Å². The van der Waals surface area contributed by atoms with Crippen molar-refractivity contribution in [1.29, 1.82) is 0 Å². The molecule has 2 atom stereocenters. The molecule has 2 heterocycles. The number of hydrogen-bond acceptors (Lipinski definition) is 2. The van der Waals surface area contributed by atoms with Crippen LogP contribution in [-0.4, -0.2) is 33.2 Å². The smallest absolute Gasteiger partial charge is 0.223 e. The van der Waals surface area contributed by atoms with Gasteiger partial charge >= 0.3 is 0 Å². The molecule has 0 saturated carbocycles. The van der Waals surface area contributed by atoms with Gasteiger partial charge in [0.2, 0.25) is 5.91 Å². The molecule has 0 N–H and O–H groups in total. The first kappa shape index (κ1) is 12.5.